The summed E-state index contributed by atoms with van der Waals surface area (Å²) in [5.74, 6) is 0.0587. The minimum atomic E-state index is -0.172. The van der Waals surface area contributed by atoms with Crippen LogP contribution < -0.4 is 5.32 Å². The van der Waals surface area contributed by atoms with Crippen LogP contribution in [-0.2, 0) is 17.8 Å². The predicted molar refractivity (Wildman–Crippen MR) is 134 cm³/mol. The molecule has 0 saturated carbocycles. The van der Waals surface area contributed by atoms with E-state index in [4.69, 9.17) is 0 Å². The third kappa shape index (κ3) is 8.11. The fourth-order valence-corrected chi connectivity index (χ4v) is 3.70. The van der Waals surface area contributed by atoms with Gasteiger partial charge in [0.05, 0.1) is 0 Å². The van der Waals surface area contributed by atoms with Crippen molar-refractivity contribution in [2.45, 2.75) is 32.7 Å². The quantitative estimate of drug-likeness (QED) is 0.420. The van der Waals surface area contributed by atoms with Crippen LogP contribution in [0.3, 0.4) is 0 Å². The second-order valence-corrected chi connectivity index (χ2v) is 8.07. The first-order valence-electron chi connectivity index (χ1n) is 11.6. The molecule has 172 valence electrons. The van der Waals surface area contributed by atoms with E-state index in [1.165, 1.54) is 5.56 Å². The van der Waals surface area contributed by atoms with Gasteiger partial charge in [0.15, 0.2) is 0 Å². The van der Waals surface area contributed by atoms with Crippen LogP contribution in [0.4, 0.5) is 10.5 Å². The Morgan fingerprint density at radius 3 is 1.88 bits per heavy atom. The summed E-state index contributed by atoms with van der Waals surface area (Å²) < 4.78 is 0. The number of anilines is 1. The summed E-state index contributed by atoms with van der Waals surface area (Å²) in [6.45, 7) is 4.24. The van der Waals surface area contributed by atoms with Crippen LogP contribution in [0.5, 0.6) is 0 Å². The van der Waals surface area contributed by atoms with Gasteiger partial charge in [0, 0.05) is 38.3 Å². The van der Waals surface area contributed by atoms with Gasteiger partial charge in [0.1, 0.15) is 0 Å². The molecule has 5 nitrogen and oxygen atoms in total. The van der Waals surface area contributed by atoms with Gasteiger partial charge in [0.2, 0.25) is 5.91 Å². The summed E-state index contributed by atoms with van der Waals surface area (Å²) in [5.41, 5.74) is 3.06. The summed E-state index contributed by atoms with van der Waals surface area (Å²) >= 11 is 0. The molecule has 3 amide bonds. The summed E-state index contributed by atoms with van der Waals surface area (Å²) in [5, 5.41) is 2.93. The lowest BCUT2D eigenvalue weighted by atomic mass is 10.1. The van der Waals surface area contributed by atoms with Crippen LogP contribution in [0.2, 0.25) is 0 Å². The second-order valence-electron chi connectivity index (χ2n) is 8.07. The van der Waals surface area contributed by atoms with E-state index in [1.54, 1.807) is 4.90 Å². The van der Waals surface area contributed by atoms with E-state index in [0.29, 0.717) is 32.6 Å². The molecular weight excluding hydrogens is 410 g/mol. The van der Waals surface area contributed by atoms with E-state index >= 15 is 0 Å². The zero-order chi connectivity index (χ0) is 23.3. The Balaban J connectivity index is 1.62. The fourth-order valence-electron chi connectivity index (χ4n) is 3.70. The van der Waals surface area contributed by atoms with Gasteiger partial charge >= 0.3 is 6.03 Å². The third-order valence-corrected chi connectivity index (χ3v) is 5.48. The Labute approximate surface area is 197 Å². The topological polar surface area (TPSA) is 52.7 Å². The second kappa shape index (κ2) is 13.1. The molecule has 5 heteroatoms. The molecular formula is C28H33N3O2. The Morgan fingerprint density at radius 2 is 1.27 bits per heavy atom. The highest BCUT2D eigenvalue weighted by molar-refractivity contribution is 5.89. The molecule has 3 rings (SSSR count). The lowest BCUT2D eigenvalue weighted by Gasteiger charge is -2.26. The lowest BCUT2D eigenvalue weighted by molar-refractivity contribution is -0.132. The number of nitrogens with one attached hydrogen (secondary N) is 1. The van der Waals surface area contributed by atoms with Gasteiger partial charge in [-0.05, 0) is 36.1 Å². The van der Waals surface area contributed by atoms with Gasteiger partial charge in [-0.15, -0.1) is 0 Å². The van der Waals surface area contributed by atoms with Crippen LogP contribution in [0.15, 0.2) is 91.0 Å². The monoisotopic (exact) mass is 443 g/mol. The third-order valence-electron chi connectivity index (χ3n) is 5.48. The van der Waals surface area contributed by atoms with Gasteiger partial charge in [0.25, 0.3) is 0 Å². The maximum Gasteiger partial charge on any atom is 0.321 e. The molecule has 33 heavy (non-hydrogen) atoms. The van der Waals surface area contributed by atoms with E-state index in [1.807, 2.05) is 90.7 Å². The van der Waals surface area contributed by atoms with Crippen molar-refractivity contribution in [3.63, 3.8) is 0 Å². The van der Waals surface area contributed by atoms with Gasteiger partial charge in [-0.3, -0.25) is 4.79 Å². The molecule has 0 bridgehead atoms. The predicted octanol–water partition coefficient (Wildman–Crippen LogP) is 5.59. The van der Waals surface area contributed by atoms with Gasteiger partial charge < -0.3 is 15.1 Å². The van der Waals surface area contributed by atoms with E-state index in [9.17, 15) is 9.59 Å². The zero-order valence-electron chi connectivity index (χ0n) is 19.3. The summed E-state index contributed by atoms with van der Waals surface area (Å²) in [6, 6.07) is 29.5. The SMILES string of the molecule is CCCN(CCC(=O)N(CCc1ccccc1)Cc1ccccc1)C(=O)Nc1ccccc1. The van der Waals surface area contributed by atoms with Crippen molar-refractivity contribution in [1.82, 2.24) is 9.80 Å². The largest absolute Gasteiger partial charge is 0.338 e. The number of carbonyl (C=O) groups excluding carboxylic acids is 2. The van der Waals surface area contributed by atoms with Crippen molar-refractivity contribution in [3.8, 4) is 0 Å². The Kier molecular flexibility index (Phi) is 9.52. The standard InChI is InChI=1S/C28H33N3O2/c1-2-20-30(28(33)29-26-16-10-5-11-17-26)22-19-27(32)31(23-25-14-8-4-9-15-25)21-18-24-12-6-3-7-13-24/h3-17H,2,18-23H2,1H3,(H,29,33). The highest BCUT2D eigenvalue weighted by Gasteiger charge is 2.18. The van der Waals surface area contributed by atoms with Crippen LogP contribution in [-0.4, -0.2) is 41.4 Å². The molecule has 0 aromatic heterocycles. The molecule has 3 aromatic carbocycles. The van der Waals surface area contributed by atoms with E-state index in [-0.39, 0.29) is 11.9 Å². The molecule has 0 atom stereocenters. The Morgan fingerprint density at radius 1 is 0.697 bits per heavy atom. The first-order valence-corrected chi connectivity index (χ1v) is 11.6. The molecule has 3 aromatic rings. The number of nitrogens with zero attached hydrogens (tertiary/aromatic N) is 2. The highest BCUT2D eigenvalue weighted by Crippen LogP contribution is 2.11. The first kappa shape index (κ1) is 24.1. The Bertz CT molecular complexity index is 978. The molecule has 0 aliphatic rings. The van der Waals surface area contributed by atoms with E-state index < -0.39 is 0 Å². The normalized spacial score (nSPS) is 10.5. The van der Waals surface area contributed by atoms with Crippen LogP contribution in [0.25, 0.3) is 0 Å². The van der Waals surface area contributed by atoms with Crippen molar-refractivity contribution in [2.75, 3.05) is 25.0 Å². The molecule has 0 aliphatic carbocycles. The highest BCUT2D eigenvalue weighted by atomic mass is 16.2. The van der Waals surface area contributed by atoms with Crippen molar-refractivity contribution in [1.29, 1.82) is 0 Å². The minimum Gasteiger partial charge on any atom is -0.338 e. The van der Waals surface area contributed by atoms with E-state index in [2.05, 4.69) is 17.4 Å². The van der Waals surface area contributed by atoms with Crippen molar-refractivity contribution in [3.05, 3.63) is 102 Å². The number of urea groups is 1. The van der Waals surface area contributed by atoms with Gasteiger partial charge in [-0.1, -0.05) is 85.8 Å². The van der Waals surface area contributed by atoms with Gasteiger partial charge in [-0.2, -0.15) is 0 Å². The molecule has 0 saturated heterocycles. The fraction of sp³-hybridized carbons (Fsp3) is 0.286. The number of hydrogen-bond acceptors (Lipinski definition) is 2. The van der Waals surface area contributed by atoms with Crippen molar-refractivity contribution < 1.29 is 9.59 Å². The van der Waals surface area contributed by atoms with Crippen LogP contribution in [0.1, 0.15) is 30.9 Å². The molecule has 0 radical (unpaired) electrons. The maximum atomic E-state index is 13.2. The molecule has 0 spiro atoms. The number of hydrogen-bond donors (Lipinski definition) is 1. The number of rotatable bonds is 11. The van der Waals surface area contributed by atoms with Crippen molar-refractivity contribution in [2.24, 2.45) is 0 Å². The number of para-hydroxylation sites is 1. The number of benzene rings is 3. The summed E-state index contributed by atoms with van der Waals surface area (Å²) in [6.07, 6.45) is 1.93. The molecule has 0 fully saturated rings. The molecule has 0 unspecified atom stereocenters. The number of carbonyl (C=O) groups is 2. The summed E-state index contributed by atoms with van der Waals surface area (Å²) in [4.78, 5) is 29.6. The minimum absolute atomic E-state index is 0.0587. The average Bonchev–Trinajstić information content (AvgIpc) is 2.86. The summed E-state index contributed by atoms with van der Waals surface area (Å²) in [7, 11) is 0. The van der Waals surface area contributed by atoms with Crippen LogP contribution in [0, 0.1) is 0 Å². The lowest BCUT2D eigenvalue weighted by Crippen LogP contribution is -2.40. The smallest absolute Gasteiger partial charge is 0.321 e. The zero-order valence-corrected chi connectivity index (χ0v) is 19.3. The van der Waals surface area contributed by atoms with Crippen LogP contribution >= 0.6 is 0 Å². The maximum absolute atomic E-state index is 13.2. The molecule has 1 N–H and O–H groups in total. The van der Waals surface area contributed by atoms with Crippen molar-refractivity contribution >= 4 is 17.6 Å². The molecule has 0 aliphatic heterocycles. The van der Waals surface area contributed by atoms with Gasteiger partial charge in [-0.25, -0.2) is 4.79 Å². The molecule has 0 heterocycles. The average molecular weight is 444 g/mol. The first-order chi connectivity index (χ1) is 16.2. The van der Waals surface area contributed by atoms with E-state index in [0.717, 1.165) is 24.1 Å². The number of amides is 3. The Hall–Kier alpha value is -3.60.